The van der Waals surface area contributed by atoms with Crippen LogP contribution in [0.1, 0.15) is 0 Å². The Labute approximate surface area is 104 Å². The Morgan fingerprint density at radius 2 is 1.94 bits per heavy atom. The molecule has 4 nitrogen and oxygen atoms in total. The Morgan fingerprint density at radius 1 is 1.25 bits per heavy atom. The fraction of sp³-hybridized carbons (Fsp3) is 0.100. The fourth-order valence-corrected chi connectivity index (χ4v) is 1.69. The maximum absolute atomic E-state index is 5.85. The van der Waals surface area contributed by atoms with Crippen LogP contribution >= 0.6 is 23.2 Å². The molecule has 0 saturated heterocycles. The molecule has 0 aliphatic carbocycles. The van der Waals surface area contributed by atoms with Gasteiger partial charge in [-0.25, -0.2) is 0 Å². The number of rotatable bonds is 2. The molecule has 1 N–H and O–H groups in total. The van der Waals surface area contributed by atoms with Crippen molar-refractivity contribution in [2.75, 3.05) is 12.1 Å². The highest BCUT2D eigenvalue weighted by Crippen LogP contribution is 2.16. The van der Waals surface area contributed by atoms with E-state index >= 15 is 0 Å². The molecule has 0 spiro atoms. The second-order valence-electron chi connectivity index (χ2n) is 3.18. The summed E-state index contributed by atoms with van der Waals surface area (Å²) in [5, 5.41) is 8.08. The fourth-order valence-electron chi connectivity index (χ4n) is 1.27. The molecule has 0 radical (unpaired) electrons. The molecule has 1 aromatic rings. The molecule has 84 valence electrons. The lowest BCUT2D eigenvalue weighted by Gasteiger charge is -2.32. The van der Waals surface area contributed by atoms with Crippen molar-refractivity contribution in [3.05, 3.63) is 41.6 Å². The molecule has 1 aromatic carbocycles. The normalized spacial score (nSPS) is 15.1. The third kappa shape index (κ3) is 2.40. The Bertz CT molecular complexity index is 430. The summed E-state index contributed by atoms with van der Waals surface area (Å²) in [5.41, 5.74) is 3.83. The summed E-state index contributed by atoms with van der Waals surface area (Å²) >= 11 is 11.7. The number of nitrogens with zero attached hydrogens (tertiary/aromatic N) is 3. The summed E-state index contributed by atoms with van der Waals surface area (Å²) in [5.74, 6) is 0. The van der Waals surface area contributed by atoms with Crippen molar-refractivity contribution in [2.45, 2.75) is 0 Å². The monoisotopic (exact) mass is 256 g/mol. The van der Waals surface area contributed by atoms with Crippen molar-refractivity contribution in [1.29, 1.82) is 0 Å². The molecule has 0 saturated carbocycles. The maximum atomic E-state index is 5.85. The number of benzene rings is 1. The zero-order chi connectivity index (χ0) is 11.5. The number of nitrogens with one attached hydrogen (secondary N) is 1. The number of allylic oxidation sites excluding steroid dienone is 1. The number of anilines is 1. The molecule has 0 atom stereocenters. The minimum atomic E-state index is 0.325. The van der Waals surface area contributed by atoms with Crippen LogP contribution in [0.4, 0.5) is 5.69 Å². The molecule has 16 heavy (non-hydrogen) atoms. The van der Waals surface area contributed by atoms with Crippen molar-refractivity contribution in [1.82, 2.24) is 10.7 Å². The van der Waals surface area contributed by atoms with Crippen molar-refractivity contribution in [2.24, 2.45) is 5.10 Å². The number of hydrogen-bond acceptors (Lipinski definition) is 4. The van der Waals surface area contributed by atoms with E-state index in [1.807, 2.05) is 37.4 Å². The molecule has 1 aliphatic heterocycles. The van der Waals surface area contributed by atoms with Crippen molar-refractivity contribution in [3.63, 3.8) is 0 Å². The van der Waals surface area contributed by atoms with Crippen LogP contribution in [0.3, 0.4) is 0 Å². The average Bonchev–Trinajstić information content (AvgIpc) is 2.28. The summed E-state index contributed by atoms with van der Waals surface area (Å²) in [6, 6.07) is 9.75. The Balaban J connectivity index is 2.18. The van der Waals surface area contributed by atoms with E-state index in [0.29, 0.717) is 10.3 Å². The molecule has 0 unspecified atom stereocenters. The van der Waals surface area contributed by atoms with Gasteiger partial charge >= 0.3 is 0 Å². The van der Waals surface area contributed by atoms with Crippen molar-refractivity contribution >= 4 is 34.1 Å². The molecule has 1 aliphatic rings. The van der Waals surface area contributed by atoms with E-state index in [2.05, 4.69) is 10.5 Å². The Hall–Kier alpha value is -1.39. The highest BCUT2D eigenvalue weighted by molar-refractivity contribution is 6.69. The zero-order valence-electron chi connectivity index (χ0n) is 8.56. The smallest absolute Gasteiger partial charge is 0.156 e. The molecule has 0 fully saturated rings. The first kappa shape index (κ1) is 11.1. The topological polar surface area (TPSA) is 30.9 Å². The first-order valence-corrected chi connectivity index (χ1v) is 5.39. The van der Waals surface area contributed by atoms with Crippen LogP contribution < -0.4 is 10.4 Å². The van der Waals surface area contributed by atoms with Crippen molar-refractivity contribution in [3.8, 4) is 0 Å². The second-order valence-corrected chi connectivity index (χ2v) is 3.97. The number of hydrazine groups is 2. The van der Waals surface area contributed by atoms with Gasteiger partial charge in [0.1, 0.15) is 5.16 Å². The van der Waals surface area contributed by atoms with Crippen LogP contribution in [0.25, 0.3) is 0 Å². The van der Waals surface area contributed by atoms with Crippen LogP contribution in [-0.2, 0) is 0 Å². The van der Waals surface area contributed by atoms with Crippen LogP contribution in [0.15, 0.2) is 46.7 Å². The SMILES string of the molecule is CN(c1ccccc1)N1N=C(Cl)C=C(Cl)N1. The minimum Gasteiger partial charge on any atom is -0.253 e. The van der Waals surface area contributed by atoms with Gasteiger partial charge in [-0.3, -0.25) is 10.4 Å². The number of hydrogen-bond donors (Lipinski definition) is 1. The van der Waals surface area contributed by atoms with E-state index in [-0.39, 0.29) is 0 Å². The number of para-hydroxylation sites is 1. The van der Waals surface area contributed by atoms with Crippen LogP contribution in [0.5, 0.6) is 0 Å². The highest BCUT2D eigenvalue weighted by atomic mass is 35.5. The van der Waals surface area contributed by atoms with Gasteiger partial charge < -0.3 is 0 Å². The predicted octanol–water partition coefficient (Wildman–Crippen LogP) is 2.49. The lowest BCUT2D eigenvalue weighted by Crippen LogP contribution is -2.46. The highest BCUT2D eigenvalue weighted by Gasteiger charge is 2.14. The summed E-state index contributed by atoms with van der Waals surface area (Å²) in [6.45, 7) is 0. The van der Waals surface area contributed by atoms with Crippen LogP contribution in [0, 0.1) is 0 Å². The standard InChI is InChI=1S/C10H10Cl2N4/c1-15(8-5-3-2-4-6-8)16-13-9(11)7-10(12)14-16/h2-7,13H,1H3. The van der Waals surface area contributed by atoms with E-state index in [1.165, 1.54) is 5.23 Å². The van der Waals surface area contributed by atoms with Gasteiger partial charge in [0.05, 0.1) is 5.69 Å². The van der Waals surface area contributed by atoms with E-state index in [1.54, 1.807) is 11.1 Å². The third-order valence-corrected chi connectivity index (χ3v) is 2.44. The zero-order valence-corrected chi connectivity index (χ0v) is 10.1. The van der Waals surface area contributed by atoms with E-state index in [9.17, 15) is 0 Å². The molecular weight excluding hydrogens is 247 g/mol. The Kier molecular flexibility index (Phi) is 3.22. The van der Waals surface area contributed by atoms with Gasteiger partial charge in [-0.15, -0.1) is 10.3 Å². The molecule has 1 heterocycles. The minimum absolute atomic E-state index is 0.325. The van der Waals surface area contributed by atoms with Crippen LogP contribution in [0.2, 0.25) is 0 Å². The summed E-state index contributed by atoms with van der Waals surface area (Å²) in [7, 11) is 1.85. The van der Waals surface area contributed by atoms with Gasteiger partial charge in [-0.2, -0.15) is 0 Å². The summed E-state index contributed by atoms with van der Waals surface area (Å²) in [4.78, 5) is 0. The summed E-state index contributed by atoms with van der Waals surface area (Å²) in [6.07, 6.45) is 1.54. The third-order valence-electron chi connectivity index (χ3n) is 2.06. The van der Waals surface area contributed by atoms with E-state index < -0.39 is 0 Å². The van der Waals surface area contributed by atoms with Gasteiger partial charge in [-0.1, -0.05) is 41.4 Å². The van der Waals surface area contributed by atoms with Crippen LogP contribution in [-0.4, -0.2) is 17.4 Å². The Morgan fingerprint density at radius 3 is 2.56 bits per heavy atom. The second kappa shape index (κ2) is 4.63. The van der Waals surface area contributed by atoms with Gasteiger partial charge in [-0.05, 0) is 12.1 Å². The first-order valence-electron chi connectivity index (χ1n) is 4.63. The van der Waals surface area contributed by atoms with Crippen molar-refractivity contribution < 1.29 is 0 Å². The lowest BCUT2D eigenvalue weighted by molar-refractivity contribution is 0.216. The van der Waals surface area contributed by atoms with Gasteiger partial charge in [0.15, 0.2) is 5.17 Å². The molecular formula is C10H10Cl2N4. The first-order chi connectivity index (χ1) is 7.66. The maximum Gasteiger partial charge on any atom is 0.156 e. The molecule has 0 amide bonds. The molecule has 6 heteroatoms. The number of halogens is 2. The largest absolute Gasteiger partial charge is 0.253 e. The summed E-state index contributed by atoms with van der Waals surface area (Å²) < 4.78 is 0. The average molecular weight is 257 g/mol. The van der Waals surface area contributed by atoms with Gasteiger partial charge in [0.25, 0.3) is 0 Å². The van der Waals surface area contributed by atoms with E-state index in [4.69, 9.17) is 23.2 Å². The molecule has 0 aromatic heterocycles. The van der Waals surface area contributed by atoms with E-state index in [0.717, 1.165) is 5.69 Å². The predicted molar refractivity (Wildman–Crippen MR) is 67.0 cm³/mol. The quantitative estimate of drug-likeness (QED) is 0.826. The lowest BCUT2D eigenvalue weighted by atomic mass is 10.3. The van der Waals surface area contributed by atoms with Gasteiger partial charge in [0.2, 0.25) is 0 Å². The molecule has 0 bridgehead atoms. The molecule has 2 rings (SSSR count). The number of hydrazone groups is 1. The van der Waals surface area contributed by atoms with Gasteiger partial charge in [0, 0.05) is 13.1 Å².